The van der Waals surface area contributed by atoms with Gasteiger partial charge in [0.05, 0.1) is 0 Å². The molecule has 4 aliphatic rings. The molecule has 0 spiro atoms. The molecule has 0 heterocycles. The van der Waals surface area contributed by atoms with Gasteiger partial charge in [-0.15, -0.1) is 0 Å². The maximum Gasteiger partial charge on any atom is 0.158 e. The number of allylic oxidation sites excluding steroid dienone is 1. The maximum absolute atomic E-state index is 12.4. The number of carbonyl (C=O) groups is 2. The van der Waals surface area contributed by atoms with Crippen molar-refractivity contribution in [2.75, 3.05) is 0 Å². The minimum atomic E-state index is -0.0359. The van der Waals surface area contributed by atoms with Crippen molar-refractivity contribution in [1.82, 2.24) is 0 Å². The Morgan fingerprint density at radius 3 is 2.59 bits per heavy atom. The highest BCUT2D eigenvalue weighted by molar-refractivity contribution is 5.96. The molecule has 4 saturated carbocycles. The second-order valence-corrected chi connectivity index (χ2v) is 8.98. The third-order valence-electron chi connectivity index (χ3n) is 8.19. The van der Waals surface area contributed by atoms with Crippen LogP contribution in [0.3, 0.4) is 0 Å². The number of hydrogen-bond acceptors (Lipinski definition) is 2. The third-order valence-corrected chi connectivity index (χ3v) is 8.19. The van der Waals surface area contributed by atoms with Crippen molar-refractivity contribution in [2.45, 2.75) is 65.2 Å². The summed E-state index contributed by atoms with van der Waals surface area (Å²) < 4.78 is 0. The highest BCUT2D eigenvalue weighted by Crippen LogP contribution is 2.65. The van der Waals surface area contributed by atoms with Gasteiger partial charge in [0.2, 0.25) is 0 Å². The molecule has 0 aromatic heterocycles. The highest BCUT2D eigenvalue weighted by atomic mass is 16.1. The summed E-state index contributed by atoms with van der Waals surface area (Å²) in [5, 5.41) is 0. The number of carbonyl (C=O) groups excluding carboxylic acids is 2. The van der Waals surface area contributed by atoms with Crippen LogP contribution >= 0.6 is 0 Å². The first kappa shape index (κ1) is 14.7. The first-order valence-corrected chi connectivity index (χ1v) is 9.10. The summed E-state index contributed by atoms with van der Waals surface area (Å²) in [5.74, 6) is 3.37. The fourth-order valence-corrected chi connectivity index (χ4v) is 6.84. The first-order valence-electron chi connectivity index (χ1n) is 9.10. The van der Waals surface area contributed by atoms with E-state index in [1.807, 2.05) is 0 Å². The average molecular weight is 300 g/mol. The van der Waals surface area contributed by atoms with Crippen molar-refractivity contribution >= 4 is 11.6 Å². The second-order valence-electron chi connectivity index (χ2n) is 8.98. The van der Waals surface area contributed by atoms with Crippen LogP contribution < -0.4 is 0 Å². The van der Waals surface area contributed by atoms with Crippen LogP contribution in [0.2, 0.25) is 0 Å². The molecule has 0 aromatic rings. The smallest absolute Gasteiger partial charge is 0.158 e. The zero-order chi connectivity index (χ0) is 15.7. The monoisotopic (exact) mass is 300 g/mol. The van der Waals surface area contributed by atoms with Crippen molar-refractivity contribution in [1.29, 1.82) is 0 Å². The summed E-state index contributed by atoms with van der Waals surface area (Å²) in [6.07, 6.45) is 8.19. The van der Waals surface area contributed by atoms with Crippen molar-refractivity contribution in [2.24, 2.45) is 34.5 Å². The van der Waals surface area contributed by atoms with Crippen LogP contribution in [-0.4, -0.2) is 11.6 Å². The van der Waals surface area contributed by atoms with Gasteiger partial charge in [0.25, 0.3) is 0 Å². The SMILES string of the molecule is C=C1C[C@@]2(C)C(CC[C@@H]3[C@H]2CC[C@]2(C)C(=O)CC[C@@H]32)CC1=O. The topological polar surface area (TPSA) is 34.1 Å². The molecule has 2 nitrogen and oxygen atoms in total. The fraction of sp³-hybridized carbons (Fsp3) is 0.800. The molecule has 22 heavy (non-hydrogen) atoms. The number of fused-ring (bicyclic) bond motifs is 5. The van der Waals surface area contributed by atoms with Crippen LogP contribution in [0.1, 0.15) is 65.2 Å². The van der Waals surface area contributed by atoms with E-state index in [9.17, 15) is 9.59 Å². The standard InChI is InChI=1S/C20H28O2/c1-12-11-20(3)13(10-17(12)21)4-5-14-15-6-7-18(22)19(15,2)9-8-16(14)20/h13-16H,1,4-11H2,2-3H3/t13?,14-,15-,16+,19-,20-/m0/s1. The molecule has 0 aromatic carbocycles. The first-order chi connectivity index (χ1) is 10.4. The van der Waals surface area contributed by atoms with E-state index in [1.54, 1.807) is 0 Å². The highest BCUT2D eigenvalue weighted by Gasteiger charge is 2.60. The predicted octanol–water partition coefficient (Wildman–Crippen LogP) is 4.33. The molecule has 4 aliphatic carbocycles. The van der Waals surface area contributed by atoms with E-state index in [-0.39, 0.29) is 10.8 Å². The van der Waals surface area contributed by atoms with Crippen LogP contribution in [0, 0.1) is 34.5 Å². The molecule has 0 aliphatic heterocycles. The van der Waals surface area contributed by atoms with E-state index in [2.05, 4.69) is 20.4 Å². The Morgan fingerprint density at radius 1 is 1.05 bits per heavy atom. The lowest BCUT2D eigenvalue weighted by molar-refractivity contribution is -0.140. The van der Waals surface area contributed by atoms with Crippen molar-refractivity contribution in [3.05, 3.63) is 12.2 Å². The number of rotatable bonds is 0. The summed E-state index contributed by atoms with van der Waals surface area (Å²) in [7, 11) is 0. The second kappa shape index (κ2) is 4.55. The lowest BCUT2D eigenvalue weighted by atomic mass is 9.45. The van der Waals surface area contributed by atoms with Crippen molar-refractivity contribution < 1.29 is 9.59 Å². The molecule has 6 atom stereocenters. The summed E-state index contributed by atoms with van der Waals surface area (Å²) in [4.78, 5) is 24.5. The predicted molar refractivity (Wildman–Crippen MR) is 86.3 cm³/mol. The third kappa shape index (κ3) is 1.73. The van der Waals surface area contributed by atoms with E-state index in [0.29, 0.717) is 35.2 Å². The van der Waals surface area contributed by atoms with Crippen LogP contribution in [-0.2, 0) is 9.59 Å². The van der Waals surface area contributed by atoms with Crippen molar-refractivity contribution in [3.63, 3.8) is 0 Å². The van der Waals surface area contributed by atoms with E-state index >= 15 is 0 Å². The van der Waals surface area contributed by atoms with Gasteiger partial charge in [-0.2, -0.15) is 0 Å². The number of ketones is 2. The molecule has 0 bridgehead atoms. The largest absolute Gasteiger partial charge is 0.299 e. The molecular formula is C20H28O2. The molecule has 0 N–H and O–H groups in total. The van der Waals surface area contributed by atoms with Crippen LogP contribution in [0.5, 0.6) is 0 Å². The van der Waals surface area contributed by atoms with Gasteiger partial charge >= 0.3 is 0 Å². The van der Waals surface area contributed by atoms with E-state index in [4.69, 9.17) is 0 Å². The Bertz CT molecular complexity index is 562. The lowest BCUT2D eigenvalue weighted by Crippen LogP contribution is -2.53. The van der Waals surface area contributed by atoms with Crippen LogP contribution in [0.15, 0.2) is 12.2 Å². The van der Waals surface area contributed by atoms with Crippen LogP contribution in [0.25, 0.3) is 0 Å². The van der Waals surface area contributed by atoms with E-state index < -0.39 is 0 Å². The molecule has 0 radical (unpaired) electrons. The number of hydrogen-bond donors (Lipinski definition) is 0. The Kier molecular flexibility index (Phi) is 3.03. The minimum absolute atomic E-state index is 0.0359. The Hall–Kier alpha value is -0.920. The molecular weight excluding hydrogens is 272 g/mol. The average Bonchev–Trinajstić information content (AvgIpc) is 2.77. The molecule has 0 saturated heterocycles. The Morgan fingerprint density at radius 2 is 1.82 bits per heavy atom. The maximum atomic E-state index is 12.4. The number of Topliss-reactive ketones (excluding diaryl/α,β-unsaturated/α-hetero) is 2. The van der Waals surface area contributed by atoms with Gasteiger partial charge in [0, 0.05) is 18.3 Å². The Labute approximate surface area is 133 Å². The fourth-order valence-electron chi connectivity index (χ4n) is 6.84. The van der Waals surface area contributed by atoms with Gasteiger partial charge in [-0.3, -0.25) is 9.59 Å². The zero-order valence-corrected chi connectivity index (χ0v) is 14.0. The van der Waals surface area contributed by atoms with Gasteiger partial charge in [-0.25, -0.2) is 0 Å². The van der Waals surface area contributed by atoms with E-state index in [0.717, 1.165) is 37.7 Å². The van der Waals surface area contributed by atoms with E-state index in [1.165, 1.54) is 19.3 Å². The molecule has 120 valence electrons. The van der Waals surface area contributed by atoms with Gasteiger partial charge in [0.15, 0.2) is 5.78 Å². The van der Waals surface area contributed by atoms with Gasteiger partial charge in [-0.05, 0) is 73.2 Å². The molecule has 4 fully saturated rings. The molecule has 0 amide bonds. The summed E-state index contributed by atoms with van der Waals surface area (Å²) in [6, 6.07) is 0. The zero-order valence-electron chi connectivity index (χ0n) is 14.0. The van der Waals surface area contributed by atoms with Gasteiger partial charge in [-0.1, -0.05) is 20.4 Å². The molecule has 4 rings (SSSR count). The molecule has 1 unspecified atom stereocenters. The Balaban J connectivity index is 1.67. The minimum Gasteiger partial charge on any atom is -0.299 e. The summed E-state index contributed by atoms with van der Waals surface area (Å²) in [5.41, 5.74) is 1.07. The summed E-state index contributed by atoms with van der Waals surface area (Å²) >= 11 is 0. The summed E-state index contributed by atoms with van der Waals surface area (Å²) in [6.45, 7) is 8.72. The van der Waals surface area contributed by atoms with Gasteiger partial charge < -0.3 is 0 Å². The van der Waals surface area contributed by atoms with Crippen LogP contribution in [0.4, 0.5) is 0 Å². The normalized spacial score (nSPS) is 51.3. The van der Waals surface area contributed by atoms with Crippen molar-refractivity contribution in [3.8, 4) is 0 Å². The molecule has 2 heteroatoms. The van der Waals surface area contributed by atoms with Gasteiger partial charge in [0.1, 0.15) is 5.78 Å². The lowest BCUT2D eigenvalue weighted by Gasteiger charge is -2.59. The quantitative estimate of drug-likeness (QED) is 0.624.